The van der Waals surface area contributed by atoms with Crippen LogP contribution in [-0.2, 0) is 27.4 Å². The number of amides is 1. The number of ether oxygens (including phenoxy) is 2. The highest BCUT2D eigenvalue weighted by atomic mass is 35.5. The number of nitrogens with one attached hydrogen (secondary N) is 1. The fourth-order valence-corrected chi connectivity index (χ4v) is 5.24. The topological polar surface area (TPSA) is 84.9 Å². The van der Waals surface area contributed by atoms with E-state index in [4.69, 9.17) is 21.1 Å². The van der Waals surface area contributed by atoms with Crippen molar-refractivity contribution in [3.63, 3.8) is 0 Å². The summed E-state index contributed by atoms with van der Waals surface area (Å²) >= 11 is 5.72. The van der Waals surface area contributed by atoms with Gasteiger partial charge in [-0.1, -0.05) is 35.4 Å². The second kappa shape index (κ2) is 12.0. The monoisotopic (exact) mass is 570 g/mol. The van der Waals surface area contributed by atoms with E-state index < -0.39 is 39.2 Å². The number of alkyl halides is 3. The Bertz CT molecular complexity index is 1400. The molecule has 0 aliphatic heterocycles. The van der Waals surface area contributed by atoms with Gasteiger partial charge < -0.3 is 14.8 Å². The summed E-state index contributed by atoms with van der Waals surface area (Å²) in [6.45, 7) is 1.15. The van der Waals surface area contributed by atoms with Gasteiger partial charge in [-0.25, -0.2) is 8.42 Å². The Morgan fingerprint density at radius 2 is 1.63 bits per heavy atom. The second-order valence-corrected chi connectivity index (χ2v) is 10.5. The van der Waals surface area contributed by atoms with Crippen LogP contribution in [0.25, 0.3) is 0 Å². The maximum absolute atomic E-state index is 13.5. The fourth-order valence-electron chi connectivity index (χ4n) is 3.61. The van der Waals surface area contributed by atoms with Gasteiger partial charge in [0.15, 0.2) is 11.5 Å². The number of anilines is 1. The molecule has 3 rings (SSSR count). The molecule has 38 heavy (non-hydrogen) atoms. The van der Waals surface area contributed by atoms with Crippen molar-refractivity contribution in [1.29, 1.82) is 0 Å². The third-order valence-electron chi connectivity index (χ3n) is 5.62. The zero-order chi connectivity index (χ0) is 28.1. The molecular formula is C26H26ClF3N2O5S. The molecule has 0 aliphatic rings. The second-order valence-electron chi connectivity index (χ2n) is 8.28. The number of carbonyl (C=O) groups excluding carboxylic acids is 1. The molecule has 0 saturated carbocycles. The highest BCUT2D eigenvalue weighted by molar-refractivity contribution is 7.92. The molecule has 7 nitrogen and oxygen atoms in total. The standard InChI is InChI=1S/C26H26ClF3N2O5S/c1-17-4-8-20(9-5-17)38(34,35)32(19-7-10-22(27)21(15-19)26(28,29)30)16-25(33)31-13-12-18-6-11-23(36-2)24(14-18)37-3/h4-11,14-15H,12-13,16H2,1-3H3,(H,31,33). The average molecular weight is 571 g/mol. The van der Waals surface area contributed by atoms with Crippen molar-refractivity contribution in [2.45, 2.75) is 24.4 Å². The van der Waals surface area contributed by atoms with Crippen LogP contribution in [0.3, 0.4) is 0 Å². The number of methoxy groups -OCH3 is 2. The summed E-state index contributed by atoms with van der Waals surface area (Å²) in [4.78, 5) is 12.6. The Hall–Kier alpha value is -3.44. The lowest BCUT2D eigenvalue weighted by molar-refractivity contribution is -0.137. The van der Waals surface area contributed by atoms with Crippen molar-refractivity contribution >= 4 is 33.2 Å². The van der Waals surface area contributed by atoms with Crippen LogP contribution in [0.5, 0.6) is 11.5 Å². The van der Waals surface area contributed by atoms with Crippen molar-refractivity contribution in [2.24, 2.45) is 0 Å². The lowest BCUT2D eigenvalue weighted by atomic mass is 10.1. The predicted octanol–water partition coefficient (Wildman–Crippen LogP) is 5.24. The molecule has 3 aromatic carbocycles. The van der Waals surface area contributed by atoms with Crippen LogP contribution in [0.4, 0.5) is 18.9 Å². The van der Waals surface area contributed by atoms with Gasteiger partial charge in [-0.15, -0.1) is 0 Å². The predicted molar refractivity (Wildman–Crippen MR) is 138 cm³/mol. The molecule has 0 unspecified atom stereocenters. The van der Waals surface area contributed by atoms with Gasteiger partial charge in [-0.05, 0) is 61.4 Å². The Labute approximate surface area is 224 Å². The van der Waals surface area contributed by atoms with Crippen LogP contribution in [-0.4, -0.2) is 41.6 Å². The van der Waals surface area contributed by atoms with E-state index in [2.05, 4.69) is 5.32 Å². The van der Waals surface area contributed by atoms with Crippen molar-refractivity contribution in [1.82, 2.24) is 5.32 Å². The third-order valence-corrected chi connectivity index (χ3v) is 7.74. The van der Waals surface area contributed by atoms with Crippen LogP contribution < -0.4 is 19.1 Å². The van der Waals surface area contributed by atoms with Gasteiger partial charge >= 0.3 is 6.18 Å². The smallest absolute Gasteiger partial charge is 0.417 e. The molecule has 0 heterocycles. The largest absolute Gasteiger partial charge is 0.493 e. The third kappa shape index (κ3) is 6.90. The molecule has 0 atom stereocenters. The van der Waals surface area contributed by atoms with Gasteiger partial charge in [0, 0.05) is 6.54 Å². The Kier molecular flexibility index (Phi) is 9.16. The minimum absolute atomic E-state index is 0.140. The van der Waals surface area contributed by atoms with Crippen LogP contribution in [0.2, 0.25) is 5.02 Å². The first-order valence-electron chi connectivity index (χ1n) is 11.3. The molecule has 3 aromatic rings. The van der Waals surface area contributed by atoms with E-state index in [1.165, 1.54) is 26.4 Å². The van der Waals surface area contributed by atoms with Gasteiger partial charge in [0.2, 0.25) is 5.91 Å². The lowest BCUT2D eigenvalue weighted by Crippen LogP contribution is -2.41. The van der Waals surface area contributed by atoms with E-state index >= 15 is 0 Å². The summed E-state index contributed by atoms with van der Waals surface area (Å²) in [7, 11) is -1.40. The van der Waals surface area contributed by atoms with E-state index in [1.54, 1.807) is 37.3 Å². The first-order chi connectivity index (χ1) is 17.9. The first-order valence-corrected chi connectivity index (χ1v) is 13.1. The molecule has 0 aromatic heterocycles. The Morgan fingerprint density at radius 3 is 2.24 bits per heavy atom. The summed E-state index contributed by atoms with van der Waals surface area (Å²) in [5.41, 5.74) is 0.0424. The zero-order valence-corrected chi connectivity index (χ0v) is 22.4. The van der Waals surface area contributed by atoms with Crippen LogP contribution in [0, 0.1) is 6.92 Å². The van der Waals surface area contributed by atoms with Gasteiger partial charge in [0.1, 0.15) is 6.54 Å². The average Bonchev–Trinajstić information content (AvgIpc) is 2.87. The maximum Gasteiger partial charge on any atom is 0.417 e. The van der Waals surface area contributed by atoms with Gasteiger partial charge in [-0.3, -0.25) is 9.10 Å². The molecule has 1 amide bonds. The molecule has 0 fully saturated rings. The number of halogens is 4. The quantitative estimate of drug-likeness (QED) is 0.360. The number of benzene rings is 3. The van der Waals surface area contributed by atoms with E-state index in [9.17, 15) is 26.4 Å². The normalized spacial score (nSPS) is 11.7. The van der Waals surface area contributed by atoms with E-state index in [0.717, 1.165) is 23.3 Å². The number of hydrogen-bond donors (Lipinski definition) is 1. The van der Waals surface area contributed by atoms with Crippen LogP contribution >= 0.6 is 11.6 Å². The van der Waals surface area contributed by atoms with E-state index in [1.807, 2.05) is 0 Å². The minimum atomic E-state index is -4.83. The number of hydrogen-bond acceptors (Lipinski definition) is 5. The fraction of sp³-hybridized carbons (Fsp3) is 0.269. The molecule has 0 spiro atoms. The van der Waals surface area contributed by atoms with Gasteiger partial charge in [0.25, 0.3) is 10.0 Å². The highest BCUT2D eigenvalue weighted by Gasteiger charge is 2.35. The molecule has 0 bridgehead atoms. The first kappa shape index (κ1) is 29.1. The number of nitrogens with zero attached hydrogens (tertiary/aromatic N) is 1. The summed E-state index contributed by atoms with van der Waals surface area (Å²) in [5, 5.41) is 2.03. The number of aryl methyl sites for hydroxylation is 1. The minimum Gasteiger partial charge on any atom is -0.493 e. The summed E-state index contributed by atoms with van der Waals surface area (Å²) in [6, 6.07) is 13.7. The lowest BCUT2D eigenvalue weighted by Gasteiger charge is -2.25. The van der Waals surface area contributed by atoms with Gasteiger partial charge in [-0.2, -0.15) is 13.2 Å². The van der Waals surface area contributed by atoms with Gasteiger partial charge in [0.05, 0.1) is 35.4 Å². The van der Waals surface area contributed by atoms with E-state index in [0.29, 0.717) is 28.3 Å². The molecule has 12 heteroatoms. The van der Waals surface area contributed by atoms with Crippen molar-refractivity contribution in [3.05, 3.63) is 82.4 Å². The van der Waals surface area contributed by atoms with Crippen molar-refractivity contribution in [2.75, 3.05) is 31.6 Å². The SMILES string of the molecule is COc1ccc(CCNC(=O)CN(c2ccc(Cl)c(C(F)(F)F)c2)S(=O)(=O)c2ccc(C)cc2)cc1OC. The molecule has 204 valence electrons. The summed E-state index contributed by atoms with van der Waals surface area (Å²) < 4.78 is 78.5. The molecule has 0 radical (unpaired) electrons. The molecule has 1 N–H and O–H groups in total. The highest BCUT2D eigenvalue weighted by Crippen LogP contribution is 2.38. The summed E-state index contributed by atoms with van der Waals surface area (Å²) in [6.07, 6.45) is -4.44. The zero-order valence-electron chi connectivity index (χ0n) is 20.8. The van der Waals surface area contributed by atoms with Crippen LogP contribution in [0.15, 0.2) is 65.6 Å². The Balaban J connectivity index is 1.86. The van der Waals surface area contributed by atoms with Crippen molar-refractivity contribution < 1.29 is 35.9 Å². The Morgan fingerprint density at radius 1 is 0.974 bits per heavy atom. The number of carbonyl (C=O) groups is 1. The van der Waals surface area contributed by atoms with Crippen LogP contribution in [0.1, 0.15) is 16.7 Å². The van der Waals surface area contributed by atoms with E-state index in [-0.39, 0.29) is 17.1 Å². The molecule has 0 saturated heterocycles. The molecule has 0 aliphatic carbocycles. The maximum atomic E-state index is 13.5. The van der Waals surface area contributed by atoms with Crippen molar-refractivity contribution in [3.8, 4) is 11.5 Å². The molecular weight excluding hydrogens is 545 g/mol. The summed E-state index contributed by atoms with van der Waals surface area (Å²) in [5.74, 6) is 0.345. The number of sulfonamides is 1. The number of rotatable bonds is 10.